The van der Waals surface area contributed by atoms with E-state index in [1.54, 1.807) is 0 Å². The number of hydrogen-bond donors (Lipinski definition) is 2. The maximum atomic E-state index is 5.86. The Bertz CT molecular complexity index is 344. The Morgan fingerprint density at radius 2 is 1.88 bits per heavy atom. The van der Waals surface area contributed by atoms with Crippen molar-refractivity contribution in [1.29, 1.82) is 0 Å². The molecule has 0 amide bonds. The van der Waals surface area contributed by atoms with Crippen LogP contribution in [0, 0.1) is 5.41 Å². The molecule has 0 aliphatic heterocycles. The molecule has 0 spiro atoms. The van der Waals surface area contributed by atoms with E-state index in [2.05, 4.69) is 22.8 Å². The fraction of sp³-hybridized carbons (Fsp3) is 0.571. The molecule has 0 bridgehead atoms. The number of hydrogen-bond acceptors (Lipinski definition) is 2. The third-order valence-corrected chi connectivity index (χ3v) is 3.96. The van der Waals surface area contributed by atoms with Gasteiger partial charge in [-0.2, -0.15) is 0 Å². The summed E-state index contributed by atoms with van der Waals surface area (Å²) >= 11 is 5.86. The van der Waals surface area contributed by atoms with E-state index in [1.165, 1.54) is 24.8 Å². The first-order valence-corrected chi connectivity index (χ1v) is 6.72. The molecule has 3 heteroatoms. The van der Waals surface area contributed by atoms with Crippen molar-refractivity contribution >= 4 is 11.6 Å². The fourth-order valence-electron chi connectivity index (χ4n) is 2.54. The first-order chi connectivity index (χ1) is 8.24. The van der Waals surface area contributed by atoms with Crippen LogP contribution in [0.3, 0.4) is 0 Å². The summed E-state index contributed by atoms with van der Waals surface area (Å²) in [5.41, 5.74) is 1.80. The molecule has 0 atom stereocenters. The highest BCUT2D eigenvalue weighted by Gasteiger charge is 2.35. The summed E-state index contributed by atoms with van der Waals surface area (Å²) in [7, 11) is 2.04. The third kappa shape index (κ3) is 3.44. The Kier molecular flexibility index (Phi) is 4.43. The van der Waals surface area contributed by atoms with E-state index < -0.39 is 0 Å². The molecule has 2 N–H and O–H groups in total. The zero-order chi connectivity index (χ0) is 12.1. The monoisotopic (exact) mass is 252 g/mol. The average molecular weight is 253 g/mol. The van der Waals surface area contributed by atoms with Crippen LogP contribution in [0.2, 0.25) is 5.02 Å². The second-order valence-corrected chi connectivity index (χ2v) is 5.55. The second kappa shape index (κ2) is 5.85. The Labute approximate surface area is 109 Å². The van der Waals surface area contributed by atoms with Gasteiger partial charge in [-0.05, 0) is 43.0 Å². The van der Waals surface area contributed by atoms with Gasteiger partial charge >= 0.3 is 0 Å². The maximum Gasteiger partial charge on any atom is 0.0406 e. The lowest BCUT2D eigenvalue weighted by Crippen LogP contribution is -2.46. The van der Waals surface area contributed by atoms with Gasteiger partial charge in [0.15, 0.2) is 0 Å². The summed E-state index contributed by atoms with van der Waals surface area (Å²) in [4.78, 5) is 0. The van der Waals surface area contributed by atoms with Gasteiger partial charge in [0.1, 0.15) is 0 Å². The number of rotatable bonds is 6. The van der Waals surface area contributed by atoms with Gasteiger partial charge in [0, 0.05) is 24.7 Å². The van der Waals surface area contributed by atoms with Gasteiger partial charge in [-0.25, -0.2) is 0 Å². The Morgan fingerprint density at radius 1 is 1.18 bits per heavy atom. The Hall–Kier alpha value is -0.570. The van der Waals surface area contributed by atoms with Crippen LogP contribution < -0.4 is 10.6 Å². The van der Waals surface area contributed by atoms with E-state index in [4.69, 9.17) is 11.6 Å². The quantitative estimate of drug-likeness (QED) is 0.814. The Morgan fingerprint density at radius 3 is 2.41 bits per heavy atom. The molecule has 0 heterocycles. The lowest BCUT2D eigenvalue weighted by atomic mass is 9.68. The summed E-state index contributed by atoms with van der Waals surface area (Å²) < 4.78 is 0. The van der Waals surface area contributed by atoms with E-state index in [0.717, 1.165) is 24.7 Å². The predicted octanol–water partition coefficient (Wildman–Crippen LogP) is 2.82. The summed E-state index contributed by atoms with van der Waals surface area (Å²) in [5.74, 6) is 0. The second-order valence-electron chi connectivity index (χ2n) is 5.11. The minimum Gasteiger partial charge on any atom is -0.319 e. The summed E-state index contributed by atoms with van der Waals surface area (Å²) in [6.45, 7) is 3.17. The molecular weight excluding hydrogens is 232 g/mol. The van der Waals surface area contributed by atoms with Crippen LogP contribution in [0.4, 0.5) is 0 Å². The summed E-state index contributed by atoms with van der Waals surface area (Å²) in [5, 5.41) is 7.68. The zero-order valence-electron chi connectivity index (χ0n) is 10.4. The minimum atomic E-state index is 0.501. The van der Waals surface area contributed by atoms with Crippen molar-refractivity contribution in [2.45, 2.75) is 25.8 Å². The van der Waals surface area contributed by atoms with E-state index >= 15 is 0 Å². The minimum absolute atomic E-state index is 0.501. The van der Waals surface area contributed by atoms with Crippen LogP contribution in [0.25, 0.3) is 0 Å². The molecule has 0 radical (unpaired) electrons. The summed E-state index contributed by atoms with van der Waals surface area (Å²) in [6, 6.07) is 8.07. The summed E-state index contributed by atoms with van der Waals surface area (Å²) in [6.07, 6.45) is 4.08. The van der Waals surface area contributed by atoms with Gasteiger partial charge in [0.25, 0.3) is 0 Å². The van der Waals surface area contributed by atoms with Crippen molar-refractivity contribution in [1.82, 2.24) is 10.6 Å². The molecule has 2 rings (SSSR count). The van der Waals surface area contributed by atoms with Crippen LogP contribution in [0.1, 0.15) is 24.8 Å². The fourth-order valence-corrected chi connectivity index (χ4v) is 2.67. The van der Waals surface area contributed by atoms with Gasteiger partial charge < -0.3 is 10.6 Å². The molecule has 1 aromatic carbocycles. The maximum absolute atomic E-state index is 5.86. The average Bonchev–Trinajstić information content (AvgIpc) is 2.28. The molecule has 1 aromatic rings. The lowest BCUT2D eigenvalue weighted by Gasteiger charge is -2.42. The third-order valence-electron chi connectivity index (χ3n) is 3.71. The Balaban J connectivity index is 1.77. The van der Waals surface area contributed by atoms with Gasteiger partial charge in [-0.15, -0.1) is 0 Å². The van der Waals surface area contributed by atoms with Crippen molar-refractivity contribution in [2.24, 2.45) is 5.41 Å². The van der Waals surface area contributed by atoms with Crippen molar-refractivity contribution in [2.75, 3.05) is 20.1 Å². The molecule has 1 fully saturated rings. The first kappa shape index (κ1) is 12.9. The normalized spacial score (nSPS) is 17.8. The zero-order valence-corrected chi connectivity index (χ0v) is 11.2. The number of nitrogens with one attached hydrogen (secondary N) is 2. The van der Waals surface area contributed by atoms with Gasteiger partial charge in [-0.1, -0.05) is 30.2 Å². The standard InChI is InChI=1S/C14H21ClN2/c1-16-10-14(7-2-8-14)11-17-9-12-3-5-13(15)6-4-12/h3-6,16-17H,2,7-11H2,1H3. The molecule has 94 valence electrons. The largest absolute Gasteiger partial charge is 0.319 e. The van der Waals surface area contributed by atoms with Crippen LogP contribution >= 0.6 is 11.6 Å². The van der Waals surface area contributed by atoms with Crippen molar-refractivity contribution in [3.63, 3.8) is 0 Å². The van der Waals surface area contributed by atoms with Crippen LogP contribution in [0.15, 0.2) is 24.3 Å². The highest BCUT2D eigenvalue weighted by atomic mass is 35.5. The molecule has 17 heavy (non-hydrogen) atoms. The van der Waals surface area contributed by atoms with Gasteiger partial charge in [0.05, 0.1) is 0 Å². The molecule has 1 saturated carbocycles. The van der Waals surface area contributed by atoms with Crippen molar-refractivity contribution in [3.8, 4) is 0 Å². The molecule has 0 unspecified atom stereocenters. The van der Waals surface area contributed by atoms with Crippen molar-refractivity contribution in [3.05, 3.63) is 34.9 Å². The van der Waals surface area contributed by atoms with Crippen LogP contribution in [-0.4, -0.2) is 20.1 Å². The number of benzene rings is 1. The highest BCUT2D eigenvalue weighted by molar-refractivity contribution is 6.30. The van der Waals surface area contributed by atoms with Crippen LogP contribution in [0.5, 0.6) is 0 Å². The van der Waals surface area contributed by atoms with Crippen molar-refractivity contribution < 1.29 is 0 Å². The topological polar surface area (TPSA) is 24.1 Å². The smallest absolute Gasteiger partial charge is 0.0406 e. The van der Waals surface area contributed by atoms with Gasteiger partial charge in [0.2, 0.25) is 0 Å². The van der Waals surface area contributed by atoms with Gasteiger partial charge in [-0.3, -0.25) is 0 Å². The molecule has 2 nitrogen and oxygen atoms in total. The first-order valence-electron chi connectivity index (χ1n) is 6.34. The molecule has 0 aromatic heterocycles. The molecule has 1 aliphatic rings. The molecule has 0 saturated heterocycles. The molecular formula is C14H21ClN2. The number of halogens is 1. The van der Waals surface area contributed by atoms with E-state index in [0.29, 0.717) is 5.41 Å². The van der Waals surface area contributed by atoms with E-state index in [-0.39, 0.29) is 0 Å². The van der Waals surface area contributed by atoms with E-state index in [9.17, 15) is 0 Å². The van der Waals surface area contributed by atoms with E-state index in [1.807, 2.05) is 19.2 Å². The lowest BCUT2D eigenvalue weighted by molar-refractivity contribution is 0.130. The predicted molar refractivity (Wildman–Crippen MR) is 73.4 cm³/mol. The SMILES string of the molecule is CNCC1(CNCc2ccc(Cl)cc2)CCC1. The highest BCUT2D eigenvalue weighted by Crippen LogP contribution is 2.39. The molecule has 1 aliphatic carbocycles. The van der Waals surface area contributed by atoms with Crippen LogP contribution in [-0.2, 0) is 6.54 Å².